The molecule has 0 fully saturated rings. The van der Waals surface area contributed by atoms with Crippen LogP contribution in [0, 0.1) is 5.82 Å². The molecule has 1 amide bonds. The molecule has 20 heavy (non-hydrogen) atoms. The van der Waals surface area contributed by atoms with E-state index in [2.05, 4.69) is 0 Å². The number of rotatable bonds is 7. The summed E-state index contributed by atoms with van der Waals surface area (Å²) < 4.78 is 17.6. The van der Waals surface area contributed by atoms with Gasteiger partial charge in [0.1, 0.15) is 5.82 Å². The summed E-state index contributed by atoms with van der Waals surface area (Å²) in [5.41, 5.74) is 0.309. The molecular weight excluding hydrogens is 265 g/mol. The molecule has 1 aromatic rings. The SMILES string of the molecule is CCOC(=O)CCN(CCO)C(=O)c1ccc(F)cc1. The summed E-state index contributed by atoms with van der Waals surface area (Å²) in [6.45, 7) is 2.03. The molecule has 0 unspecified atom stereocenters. The number of halogens is 1. The minimum absolute atomic E-state index is 0.0563. The van der Waals surface area contributed by atoms with Crippen LogP contribution >= 0.6 is 0 Å². The van der Waals surface area contributed by atoms with Crippen molar-refractivity contribution < 1.29 is 23.8 Å². The molecule has 1 rings (SSSR count). The van der Waals surface area contributed by atoms with Crippen LogP contribution in [0.2, 0.25) is 0 Å². The van der Waals surface area contributed by atoms with Crippen LogP contribution < -0.4 is 0 Å². The van der Waals surface area contributed by atoms with E-state index in [1.165, 1.54) is 29.2 Å². The molecule has 0 atom stereocenters. The smallest absolute Gasteiger partial charge is 0.307 e. The van der Waals surface area contributed by atoms with Gasteiger partial charge in [0.25, 0.3) is 5.91 Å². The van der Waals surface area contributed by atoms with Gasteiger partial charge in [-0.05, 0) is 31.2 Å². The van der Waals surface area contributed by atoms with Gasteiger partial charge in [-0.15, -0.1) is 0 Å². The van der Waals surface area contributed by atoms with Gasteiger partial charge >= 0.3 is 5.97 Å². The van der Waals surface area contributed by atoms with Crippen molar-refractivity contribution in [2.75, 3.05) is 26.3 Å². The number of esters is 1. The number of hydrogen-bond donors (Lipinski definition) is 1. The van der Waals surface area contributed by atoms with Gasteiger partial charge in [0.05, 0.1) is 19.6 Å². The van der Waals surface area contributed by atoms with Crippen molar-refractivity contribution >= 4 is 11.9 Å². The highest BCUT2D eigenvalue weighted by molar-refractivity contribution is 5.94. The van der Waals surface area contributed by atoms with E-state index in [0.29, 0.717) is 5.56 Å². The molecule has 6 heteroatoms. The minimum atomic E-state index is -0.429. The molecule has 0 saturated carbocycles. The first kappa shape index (κ1) is 16.1. The van der Waals surface area contributed by atoms with Crippen LogP contribution in [-0.4, -0.2) is 48.2 Å². The Bertz CT molecular complexity index is 447. The predicted octanol–water partition coefficient (Wildman–Crippen LogP) is 1.21. The molecule has 5 nitrogen and oxygen atoms in total. The normalized spacial score (nSPS) is 10.2. The zero-order valence-corrected chi connectivity index (χ0v) is 11.3. The second-order valence-corrected chi connectivity index (χ2v) is 4.08. The van der Waals surface area contributed by atoms with E-state index in [4.69, 9.17) is 9.84 Å². The molecule has 0 spiro atoms. The summed E-state index contributed by atoms with van der Waals surface area (Å²) in [5.74, 6) is -1.19. The van der Waals surface area contributed by atoms with E-state index in [1.54, 1.807) is 6.92 Å². The van der Waals surface area contributed by atoms with Gasteiger partial charge in [0.15, 0.2) is 0 Å². The van der Waals surface area contributed by atoms with Gasteiger partial charge in [-0.2, -0.15) is 0 Å². The van der Waals surface area contributed by atoms with Crippen molar-refractivity contribution in [3.8, 4) is 0 Å². The summed E-state index contributed by atoms with van der Waals surface area (Å²) in [7, 11) is 0. The molecule has 0 heterocycles. The minimum Gasteiger partial charge on any atom is -0.466 e. The maximum absolute atomic E-state index is 12.8. The number of carbonyl (C=O) groups is 2. The van der Waals surface area contributed by atoms with Gasteiger partial charge in [0, 0.05) is 18.7 Å². The zero-order valence-electron chi connectivity index (χ0n) is 11.3. The molecular formula is C14H18FNO4. The monoisotopic (exact) mass is 283 g/mol. The second-order valence-electron chi connectivity index (χ2n) is 4.08. The fourth-order valence-corrected chi connectivity index (χ4v) is 1.67. The lowest BCUT2D eigenvalue weighted by molar-refractivity contribution is -0.143. The first-order valence-corrected chi connectivity index (χ1v) is 6.39. The Morgan fingerprint density at radius 1 is 1.25 bits per heavy atom. The lowest BCUT2D eigenvalue weighted by Crippen LogP contribution is -2.35. The molecule has 0 aromatic heterocycles. The molecule has 0 saturated heterocycles. The zero-order chi connectivity index (χ0) is 15.0. The fraction of sp³-hybridized carbons (Fsp3) is 0.429. The molecule has 110 valence electrons. The fourth-order valence-electron chi connectivity index (χ4n) is 1.67. The summed E-state index contributed by atoms with van der Waals surface area (Å²) >= 11 is 0. The third-order valence-corrected chi connectivity index (χ3v) is 2.64. The number of hydrogen-bond acceptors (Lipinski definition) is 4. The standard InChI is InChI=1S/C14H18FNO4/c1-2-20-13(18)7-8-16(9-10-17)14(19)11-3-5-12(15)6-4-11/h3-6,17H,2,7-10H2,1H3. The summed E-state index contributed by atoms with van der Waals surface area (Å²) in [5, 5.41) is 8.98. The Balaban J connectivity index is 2.67. The van der Waals surface area contributed by atoms with Gasteiger partial charge in [-0.1, -0.05) is 0 Å². The first-order valence-electron chi connectivity index (χ1n) is 6.39. The molecule has 1 N–H and O–H groups in total. The van der Waals surface area contributed by atoms with Crippen molar-refractivity contribution in [1.82, 2.24) is 4.90 Å². The lowest BCUT2D eigenvalue weighted by atomic mass is 10.2. The number of ether oxygens (including phenoxy) is 1. The average molecular weight is 283 g/mol. The highest BCUT2D eigenvalue weighted by Gasteiger charge is 2.16. The molecule has 0 aliphatic heterocycles. The van der Waals surface area contributed by atoms with Crippen molar-refractivity contribution in [3.05, 3.63) is 35.6 Å². The molecule has 0 aliphatic carbocycles. The molecule has 0 bridgehead atoms. The molecule has 1 aromatic carbocycles. The quantitative estimate of drug-likeness (QED) is 0.764. The third-order valence-electron chi connectivity index (χ3n) is 2.64. The van der Waals surface area contributed by atoms with Gasteiger partial charge in [-0.25, -0.2) is 4.39 Å². The maximum Gasteiger partial charge on any atom is 0.307 e. The average Bonchev–Trinajstić information content (AvgIpc) is 2.44. The largest absolute Gasteiger partial charge is 0.466 e. The Kier molecular flexibility index (Phi) is 6.66. The molecule has 0 radical (unpaired) electrons. The van der Waals surface area contributed by atoms with Gasteiger partial charge < -0.3 is 14.7 Å². The Morgan fingerprint density at radius 2 is 1.90 bits per heavy atom. The van der Waals surface area contributed by atoms with Gasteiger partial charge in [-0.3, -0.25) is 9.59 Å². The highest BCUT2D eigenvalue weighted by Crippen LogP contribution is 2.07. The number of benzene rings is 1. The van der Waals surface area contributed by atoms with E-state index in [9.17, 15) is 14.0 Å². The highest BCUT2D eigenvalue weighted by atomic mass is 19.1. The van der Waals surface area contributed by atoms with Crippen LogP contribution in [0.5, 0.6) is 0 Å². The van der Waals surface area contributed by atoms with E-state index in [0.717, 1.165) is 0 Å². The predicted molar refractivity (Wildman–Crippen MR) is 70.6 cm³/mol. The third kappa shape index (κ3) is 4.97. The number of carbonyl (C=O) groups excluding carboxylic acids is 2. The van der Waals surface area contributed by atoms with E-state index in [1.807, 2.05) is 0 Å². The van der Waals surface area contributed by atoms with Crippen LogP contribution in [0.25, 0.3) is 0 Å². The molecule has 0 aliphatic rings. The van der Waals surface area contributed by atoms with E-state index in [-0.39, 0.29) is 38.6 Å². The van der Waals surface area contributed by atoms with Crippen molar-refractivity contribution in [2.24, 2.45) is 0 Å². The number of aliphatic hydroxyl groups excluding tert-OH is 1. The van der Waals surface area contributed by atoms with Crippen molar-refractivity contribution in [1.29, 1.82) is 0 Å². The van der Waals surface area contributed by atoms with E-state index < -0.39 is 11.8 Å². The summed E-state index contributed by atoms with van der Waals surface area (Å²) in [6, 6.07) is 5.12. The summed E-state index contributed by atoms with van der Waals surface area (Å²) in [6.07, 6.45) is 0.0563. The topological polar surface area (TPSA) is 66.8 Å². The van der Waals surface area contributed by atoms with Crippen LogP contribution in [0.15, 0.2) is 24.3 Å². The van der Waals surface area contributed by atoms with Crippen molar-refractivity contribution in [3.63, 3.8) is 0 Å². The Hall–Kier alpha value is -1.95. The number of nitrogens with zero attached hydrogens (tertiary/aromatic N) is 1. The first-order chi connectivity index (χ1) is 9.58. The van der Waals surface area contributed by atoms with Crippen LogP contribution in [0.3, 0.4) is 0 Å². The second kappa shape index (κ2) is 8.27. The van der Waals surface area contributed by atoms with E-state index >= 15 is 0 Å². The maximum atomic E-state index is 12.8. The number of amides is 1. The van der Waals surface area contributed by atoms with Crippen LogP contribution in [0.4, 0.5) is 4.39 Å². The van der Waals surface area contributed by atoms with Gasteiger partial charge in [0.2, 0.25) is 0 Å². The van der Waals surface area contributed by atoms with Crippen molar-refractivity contribution in [2.45, 2.75) is 13.3 Å². The lowest BCUT2D eigenvalue weighted by Gasteiger charge is -2.21. The summed E-state index contributed by atoms with van der Waals surface area (Å²) in [4.78, 5) is 24.8. The van der Waals surface area contributed by atoms with Crippen LogP contribution in [-0.2, 0) is 9.53 Å². The number of aliphatic hydroxyl groups is 1. The van der Waals surface area contributed by atoms with Crippen LogP contribution in [0.1, 0.15) is 23.7 Å². The Labute approximate surface area is 117 Å². The Morgan fingerprint density at radius 3 is 2.45 bits per heavy atom.